The van der Waals surface area contributed by atoms with Gasteiger partial charge in [0.05, 0.1) is 18.7 Å². The zero-order valence-corrected chi connectivity index (χ0v) is 17.7. The highest BCUT2D eigenvalue weighted by molar-refractivity contribution is 7.09. The Morgan fingerprint density at radius 1 is 1.25 bits per heavy atom. The lowest BCUT2D eigenvalue weighted by atomic mass is 9.97. The van der Waals surface area contributed by atoms with Crippen LogP contribution in [0.25, 0.3) is 0 Å². The van der Waals surface area contributed by atoms with Gasteiger partial charge < -0.3 is 15.2 Å². The lowest BCUT2D eigenvalue weighted by molar-refractivity contribution is -0.115. The Bertz CT molecular complexity index is 824. The van der Waals surface area contributed by atoms with Gasteiger partial charge in [0.1, 0.15) is 11.9 Å². The van der Waals surface area contributed by atoms with Crippen molar-refractivity contribution in [2.75, 3.05) is 11.9 Å². The maximum absolute atomic E-state index is 12.7. The predicted molar refractivity (Wildman–Crippen MR) is 115 cm³/mol. The van der Waals surface area contributed by atoms with Gasteiger partial charge in [0.25, 0.3) is 0 Å². The number of anilines is 1. The van der Waals surface area contributed by atoms with Crippen LogP contribution in [-0.4, -0.2) is 23.1 Å². The number of nitrogens with one attached hydrogen (secondary N) is 2. The largest absolute Gasteiger partial charge is 0.325 e. The topological polar surface area (TPSA) is 69.8 Å². The van der Waals surface area contributed by atoms with Crippen molar-refractivity contribution in [3.05, 3.63) is 39.2 Å². The van der Waals surface area contributed by atoms with Gasteiger partial charge in [-0.1, -0.05) is 38.2 Å². The third-order valence-corrected chi connectivity index (χ3v) is 6.61. The van der Waals surface area contributed by atoms with Gasteiger partial charge in [-0.25, -0.2) is 0 Å². The quantitative estimate of drug-likeness (QED) is 0.739. The van der Waals surface area contributed by atoms with Crippen molar-refractivity contribution < 1.29 is 4.79 Å². The van der Waals surface area contributed by atoms with Gasteiger partial charge in [-0.05, 0) is 43.7 Å². The lowest BCUT2D eigenvalue weighted by Crippen LogP contribution is -2.37. The van der Waals surface area contributed by atoms with Crippen LogP contribution in [0.1, 0.15) is 66.6 Å². The van der Waals surface area contributed by atoms with Crippen LogP contribution in [0.5, 0.6) is 0 Å². The summed E-state index contributed by atoms with van der Waals surface area (Å²) in [5.74, 6) is 0.541. The second-order valence-electron chi connectivity index (χ2n) is 7.68. The first-order chi connectivity index (χ1) is 13.6. The molecule has 2 aromatic rings. The third-order valence-electron chi connectivity index (χ3n) is 5.75. The van der Waals surface area contributed by atoms with E-state index in [0.29, 0.717) is 24.0 Å². The zero-order chi connectivity index (χ0) is 19.9. The summed E-state index contributed by atoms with van der Waals surface area (Å²) in [7, 11) is 0. The molecule has 2 aromatic heterocycles. The highest BCUT2D eigenvalue weighted by atomic mass is 32.1. The Kier molecular flexibility index (Phi) is 7.30. The molecule has 1 aliphatic rings. The van der Waals surface area contributed by atoms with Crippen molar-refractivity contribution in [3.8, 4) is 6.07 Å². The molecule has 0 radical (unpaired) electrons. The van der Waals surface area contributed by atoms with Crippen LogP contribution in [0.2, 0.25) is 0 Å². The highest BCUT2D eigenvalue weighted by Gasteiger charge is 2.20. The van der Waals surface area contributed by atoms with E-state index in [1.807, 2.05) is 29.9 Å². The molecule has 0 bridgehead atoms. The Balaban J connectivity index is 1.69. The molecule has 0 atom stereocenters. The molecule has 150 valence electrons. The molecule has 6 heteroatoms. The molecule has 0 spiro atoms. The van der Waals surface area contributed by atoms with Crippen molar-refractivity contribution in [1.82, 2.24) is 9.88 Å². The summed E-state index contributed by atoms with van der Waals surface area (Å²) in [6, 6.07) is 6.80. The number of thiophene rings is 1. The SMILES string of the molecule is Cc1c(C#N)c(NC(=O)CNC2CCCCCCC2)n(Cc2cccs2)c1C. The van der Waals surface area contributed by atoms with Crippen molar-refractivity contribution in [1.29, 1.82) is 5.26 Å². The number of rotatable bonds is 6. The van der Waals surface area contributed by atoms with Crippen molar-refractivity contribution in [2.45, 2.75) is 71.4 Å². The molecule has 5 nitrogen and oxygen atoms in total. The van der Waals surface area contributed by atoms with Gasteiger partial charge in [0, 0.05) is 16.6 Å². The van der Waals surface area contributed by atoms with Gasteiger partial charge in [-0.3, -0.25) is 4.79 Å². The normalized spacial score (nSPS) is 15.6. The third kappa shape index (κ3) is 5.03. The Hall–Kier alpha value is -2.10. The van der Waals surface area contributed by atoms with E-state index in [-0.39, 0.29) is 12.5 Å². The second kappa shape index (κ2) is 9.90. The summed E-state index contributed by atoms with van der Waals surface area (Å²) in [5, 5.41) is 18.1. The van der Waals surface area contributed by atoms with Crippen LogP contribution < -0.4 is 10.6 Å². The number of carbonyl (C=O) groups is 1. The number of nitrogens with zero attached hydrogens (tertiary/aromatic N) is 2. The summed E-state index contributed by atoms with van der Waals surface area (Å²) >= 11 is 1.68. The van der Waals surface area contributed by atoms with Crippen LogP contribution in [0.15, 0.2) is 17.5 Å². The Morgan fingerprint density at radius 2 is 1.96 bits per heavy atom. The van der Waals surface area contributed by atoms with E-state index in [9.17, 15) is 10.1 Å². The van der Waals surface area contributed by atoms with E-state index in [0.717, 1.165) is 24.1 Å². The molecular formula is C22H30N4OS. The monoisotopic (exact) mass is 398 g/mol. The summed E-state index contributed by atoms with van der Waals surface area (Å²) in [6.45, 7) is 4.91. The molecule has 0 saturated heterocycles. The average Bonchev–Trinajstić information content (AvgIpc) is 3.24. The fourth-order valence-corrected chi connectivity index (χ4v) is 4.65. The van der Waals surface area contributed by atoms with Crippen LogP contribution in [-0.2, 0) is 11.3 Å². The number of amides is 1. The summed E-state index contributed by atoms with van der Waals surface area (Å²) < 4.78 is 2.05. The molecule has 2 heterocycles. The van der Waals surface area contributed by atoms with Crippen LogP contribution in [0.3, 0.4) is 0 Å². The van der Waals surface area contributed by atoms with Gasteiger partial charge in [-0.2, -0.15) is 5.26 Å². The summed E-state index contributed by atoms with van der Waals surface area (Å²) in [6.07, 6.45) is 8.69. The van der Waals surface area contributed by atoms with E-state index >= 15 is 0 Å². The van der Waals surface area contributed by atoms with E-state index < -0.39 is 0 Å². The molecular weight excluding hydrogens is 368 g/mol. The highest BCUT2D eigenvalue weighted by Crippen LogP contribution is 2.28. The first-order valence-electron chi connectivity index (χ1n) is 10.3. The first-order valence-corrected chi connectivity index (χ1v) is 11.1. The number of hydrogen-bond donors (Lipinski definition) is 2. The molecule has 0 aliphatic heterocycles. The zero-order valence-electron chi connectivity index (χ0n) is 16.9. The van der Waals surface area contributed by atoms with Gasteiger partial charge in [-0.15, -0.1) is 11.3 Å². The molecule has 28 heavy (non-hydrogen) atoms. The minimum absolute atomic E-state index is 0.0801. The van der Waals surface area contributed by atoms with Gasteiger partial charge >= 0.3 is 0 Å². The van der Waals surface area contributed by atoms with Gasteiger partial charge in [0.15, 0.2) is 0 Å². The Labute approximate surface area is 171 Å². The first kappa shape index (κ1) is 20.6. The molecule has 0 aromatic carbocycles. The van der Waals surface area contributed by atoms with Crippen LogP contribution in [0.4, 0.5) is 5.82 Å². The molecule has 1 aliphatic carbocycles. The van der Waals surface area contributed by atoms with E-state index in [1.165, 1.54) is 37.0 Å². The minimum atomic E-state index is -0.0801. The fraction of sp³-hybridized carbons (Fsp3) is 0.545. The molecule has 3 rings (SSSR count). The molecule has 1 saturated carbocycles. The maximum atomic E-state index is 12.7. The van der Waals surface area contributed by atoms with E-state index in [4.69, 9.17) is 0 Å². The smallest absolute Gasteiger partial charge is 0.239 e. The second-order valence-corrected chi connectivity index (χ2v) is 8.71. The number of aromatic nitrogens is 1. The van der Waals surface area contributed by atoms with E-state index in [2.05, 4.69) is 22.8 Å². The van der Waals surface area contributed by atoms with Crippen molar-refractivity contribution in [3.63, 3.8) is 0 Å². The minimum Gasteiger partial charge on any atom is -0.325 e. The molecule has 1 amide bonds. The molecule has 1 fully saturated rings. The van der Waals surface area contributed by atoms with Crippen LogP contribution in [0, 0.1) is 25.2 Å². The summed E-state index contributed by atoms with van der Waals surface area (Å²) in [4.78, 5) is 13.9. The number of nitriles is 1. The van der Waals surface area contributed by atoms with Crippen LogP contribution >= 0.6 is 11.3 Å². The fourth-order valence-electron chi connectivity index (χ4n) is 3.96. The predicted octanol–water partition coefficient (Wildman–Crippen LogP) is 4.73. The molecule has 2 N–H and O–H groups in total. The lowest BCUT2D eigenvalue weighted by Gasteiger charge is -2.21. The average molecular weight is 399 g/mol. The number of carbonyl (C=O) groups excluding carboxylic acids is 1. The number of hydrogen-bond acceptors (Lipinski definition) is 4. The summed E-state index contributed by atoms with van der Waals surface area (Å²) in [5.41, 5.74) is 2.52. The van der Waals surface area contributed by atoms with Crippen molar-refractivity contribution >= 4 is 23.1 Å². The Morgan fingerprint density at radius 3 is 2.61 bits per heavy atom. The maximum Gasteiger partial charge on any atom is 0.239 e. The standard InChI is InChI=1S/C22H30N4OS/c1-16-17(2)26(15-19-11-8-12-28-19)22(20(16)13-23)25-21(27)14-24-18-9-6-4-3-5-7-10-18/h8,11-12,18,24H,3-7,9-10,14-15H2,1-2H3,(H,25,27). The molecule has 0 unspecified atom stereocenters. The van der Waals surface area contributed by atoms with Gasteiger partial charge in [0.2, 0.25) is 5.91 Å². The van der Waals surface area contributed by atoms with E-state index in [1.54, 1.807) is 11.3 Å². The van der Waals surface area contributed by atoms with Crippen molar-refractivity contribution in [2.24, 2.45) is 0 Å².